The van der Waals surface area contributed by atoms with Gasteiger partial charge in [0, 0.05) is 0 Å². The highest BCUT2D eigenvalue weighted by atomic mass is 16.5. The fraction of sp³-hybridized carbons (Fsp3) is 0.308. The second-order valence-corrected chi connectivity index (χ2v) is 4.01. The Hall–Kier alpha value is -1.77. The number of benzene rings is 1. The van der Waals surface area contributed by atoms with E-state index in [-0.39, 0.29) is 5.57 Å². The minimum atomic E-state index is -0.957. The second kappa shape index (κ2) is 4.39. The van der Waals surface area contributed by atoms with Crippen molar-refractivity contribution < 1.29 is 14.6 Å². The minimum Gasteiger partial charge on any atom is -0.478 e. The first-order valence-corrected chi connectivity index (χ1v) is 5.35. The van der Waals surface area contributed by atoms with E-state index in [1.54, 1.807) is 0 Å². The third kappa shape index (κ3) is 2.24. The first kappa shape index (κ1) is 10.7. The molecule has 0 spiro atoms. The van der Waals surface area contributed by atoms with E-state index in [9.17, 15) is 4.79 Å². The summed E-state index contributed by atoms with van der Waals surface area (Å²) >= 11 is 0. The summed E-state index contributed by atoms with van der Waals surface area (Å²) in [6.45, 7) is 1.51. The van der Waals surface area contributed by atoms with Crippen LogP contribution in [0.5, 0.6) is 5.75 Å². The Kier molecular flexibility index (Phi) is 2.95. The molecule has 0 bridgehead atoms. The second-order valence-electron chi connectivity index (χ2n) is 4.01. The molecule has 0 amide bonds. The molecule has 1 aromatic carbocycles. The Morgan fingerprint density at radius 1 is 1.38 bits per heavy atom. The summed E-state index contributed by atoms with van der Waals surface area (Å²) < 4.78 is 5.31. The van der Waals surface area contributed by atoms with E-state index in [2.05, 4.69) is 6.07 Å². The van der Waals surface area contributed by atoms with Crippen molar-refractivity contribution in [3.05, 3.63) is 41.2 Å². The molecule has 1 aliphatic rings. The van der Waals surface area contributed by atoms with Crippen LogP contribution in [0.15, 0.2) is 30.0 Å². The van der Waals surface area contributed by atoms with Gasteiger partial charge in [-0.05, 0) is 49.4 Å². The Labute approximate surface area is 94.4 Å². The molecule has 0 unspecified atom stereocenters. The number of carbonyl (C=O) groups is 1. The maximum Gasteiger partial charge on any atom is 0.334 e. The number of hydrogen-bond acceptors (Lipinski definition) is 2. The number of rotatable bonds is 3. The molecule has 3 nitrogen and oxygen atoms in total. The number of hydrogen-bond donors (Lipinski definition) is 1. The number of fused-ring (bicyclic) bond motifs is 1. The normalized spacial score (nSPS) is 14.7. The maximum atomic E-state index is 10.6. The first-order valence-electron chi connectivity index (χ1n) is 5.35. The summed E-state index contributed by atoms with van der Waals surface area (Å²) in [6, 6.07) is 5.94. The number of carboxylic acid groups (broad SMARTS) is 1. The van der Waals surface area contributed by atoms with Gasteiger partial charge in [-0.25, -0.2) is 4.79 Å². The maximum absolute atomic E-state index is 10.6. The van der Waals surface area contributed by atoms with Crippen LogP contribution >= 0.6 is 0 Å². The van der Waals surface area contributed by atoms with Crippen molar-refractivity contribution in [3.63, 3.8) is 0 Å². The molecular weight excluding hydrogens is 204 g/mol. The van der Waals surface area contributed by atoms with Gasteiger partial charge in [0.1, 0.15) is 12.0 Å². The van der Waals surface area contributed by atoms with Crippen LogP contribution in [-0.4, -0.2) is 11.1 Å². The quantitative estimate of drug-likeness (QED) is 0.626. The molecule has 0 saturated carbocycles. The zero-order valence-corrected chi connectivity index (χ0v) is 9.19. The van der Waals surface area contributed by atoms with Crippen LogP contribution < -0.4 is 4.74 Å². The predicted octanol–water partition coefficient (Wildman–Crippen LogP) is 2.54. The largest absolute Gasteiger partial charge is 0.478 e. The monoisotopic (exact) mass is 218 g/mol. The van der Waals surface area contributed by atoms with Gasteiger partial charge in [0.05, 0.1) is 5.57 Å². The molecule has 3 heteroatoms. The van der Waals surface area contributed by atoms with Gasteiger partial charge in [0.15, 0.2) is 0 Å². The predicted molar refractivity (Wildman–Crippen MR) is 60.5 cm³/mol. The average Bonchev–Trinajstić information content (AvgIpc) is 2.72. The van der Waals surface area contributed by atoms with Crippen LogP contribution in [0.2, 0.25) is 0 Å². The lowest BCUT2D eigenvalue weighted by Gasteiger charge is -2.04. The van der Waals surface area contributed by atoms with Crippen LogP contribution in [0.3, 0.4) is 0 Å². The topological polar surface area (TPSA) is 46.5 Å². The molecule has 1 aliphatic carbocycles. The van der Waals surface area contributed by atoms with Crippen molar-refractivity contribution in [2.45, 2.75) is 26.2 Å². The van der Waals surface area contributed by atoms with Gasteiger partial charge < -0.3 is 9.84 Å². The molecule has 0 heterocycles. The SMILES string of the molecule is CC(=COc1ccc2c(c1)CCC2)C(=O)O. The Balaban J connectivity index is 2.11. The van der Waals surface area contributed by atoms with Gasteiger partial charge in [-0.15, -0.1) is 0 Å². The van der Waals surface area contributed by atoms with Crippen LogP contribution in [0.1, 0.15) is 24.5 Å². The third-order valence-corrected chi connectivity index (χ3v) is 2.78. The molecule has 0 aliphatic heterocycles. The van der Waals surface area contributed by atoms with Crippen molar-refractivity contribution in [1.82, 2.24) is 0 Å². The van der Waals surface area contributed by atoms with E-state index in [0.29, 0.717) is 5.75 Å². The summed E-state index contributed by atoms with van der Waals surface area (Å²) in [7, 11) is 0. The molecule has 0 radical (unpaired) electrons. The number of carboxylic acids is 1. The number of aliphatic carboxylic acids is 1. The lowest BCUT2D eigenvalue weighted by molar-refractivity contribution is -0.132. The van der Waals surface area contributed by atoms with E-state index in [1.807, 2.05) is 12.1 Å². The number of ether oxygens (including phenoxy) is 1. The first-order chi connectivity index (χ1) is 7.66. The Bertz CT molecular complexity index is 446. The molecule has 0 fully saturated rings. The highest BCUT2D eigenvalue weighted by molar-refractivity contribution is 5.85. The van der Waals surface area contributed by atoms with E-state index in [1.165, 1.54) is 30.7 Å². The molecule has 2 rings (SSSR count). The standard InChI is InChI=1S/C13H14O3/c1-9(13(14)15)8-16-12-6-5-10-3-2-4-11(10)7-12/h5-8H,2-4H2,1H3,(H,14,15). The summed E-state index contributed by atoms with van der Waals surface area (Å²) in [6.07, 6.45) is 4.70. The smallest absolute Gasteiger partial charge is 0.334 e. The highest BCUT2D eigenvalue weighted by Gasteiger charge is 2.11. The van der Waals surface area contributed by atoms with Gasteiger partial charge in [-0.1, -0.05) is 6.07 Å². The lowest BCUT2D eigenvalue weighted by Crippen LogP contribution is -1.98. The van der Waals surface area contributed by atoms with E-state index in [4.69, 9.17) is 9.84 Å². The zero-order valence-electron chi connectivity index (χ0n) is 9.19. The summed E-state index contributed by atoms with van der Waals surface area (Å²) in [5.41, 5.74) is 2.89. The molecular formula is C13H14O3. The molecule has 0 atom stereocenters. The van der Waals surface area contributed by atoms with Crippen molar-refractivity contribution >= 4 is 5.97 Å². The van der Waals surface area contributed by atoms with Gasteiger partial charge >= 0.3 is 5.97 Å². The molecule has 0 aromatic heterocycles. The number of aryl methyl sites for hydroxylation is 2. The summed E-state index contributed by atoms with van der Waals surface area (Å²) in [5.74, 6) is -0.248. The lowest BCUT2D eigenvalue weighted by atomic mass is 10.1. The molecule has 1 aromatic rings. The fourth-order valence-electron chi connectivity index (χ4n) is 1.83. The van der Waals surface area contributed by atoms with Crippen molar-refractivity contribution in [1.29, 1.82) is 0 Å². The van der Waals surface area contributed by atoms with Crippen LogP contribution in [-0.2, 0) is 17.6 Å². The Morgan fingerprint density at radius 3 is 2.88 bits per heavy atom. The van der Waals surface area contributed by atoms with Gasteiger partial charge in [-0.3, -0.25) is 0 Å². The van der Waals surface area contributed by atoms with E-state index >= 15 is 0 Å². The van der Waals surface area contributed by atoms with Crippen molar-refractivity contribution in [2.75, 3.05) is 0 Å². The molecule has 0 saturated heterocycles. The Morgan fingerprint density at radius 2 is 2.12 bits per heavy atom. The van der Waals surface area contributed by atoms with Gasteiger partial charge in [0.25, 0.3) is 0 Å². The highest BCUT2D eigenvalue weighted by Crippen LogP contribution is 2.26. The molecule has 1 N–H and O–H groups in total. The van der Waals surface area contributed by atoms with E-state index < -0.39 is 5.97 Å². The van der Waals surface area contributed by atoms with Crippen LogP contribution in [0.4, 0.5) is 0 Å². The zero-order chi connectivity index (χ0) is 11.5. The minimum absolute atomic E-state index is 0.195. The third-order valence-electron chi connectivity index (χ3n) is 2.78. The summed E-state index contributed by atoms with van der Waals surface area (Å²) in [5, 5.41) is 8.67. The van der Waals surface area contributed by atoms with Gasteiger partial charge in [-0.2, -0.15) is 0 Å². The van der Waals surface area contributed by atoms with Crippen LogP contribution in [0.25, 0.3) is 0 Å². The average molecular weight is 218 g/mol. The summed E-state index contributed by atoms with van der Waals surface area (Å²) in [4.78, 5) is 10.6. The van der Waals surface area contributed by atoms with Crippen molar-refractivity contribution in [3.8, 4) is 5.75 Å². The fourth-order valence-corrected chi connectivity index (χ4v) is 1.83. The van der Waals surface area contributed by atoms with Crippen LogP contribution in [0, 0.1) is 0 Å². The van der Waals surface area contributed by atoms with Gasteiger partial charge in [0.2, 0.25) is 0 Å². The van der Waals surface area contributed by atoms with E-state index in [0.717, 1.165) is 12.8 Å². The van der Waals surface area contributed by atoms with Crippen molar-refractivity contribution in [2.24, 2.45) is 0 Å². The molecule has 84 valence electrons. The molecule has 16 heavy (non-hydrogen) atoms.